The van der Waals surface area contributed by atoms with Crippen LogP contribution >= 0.6 is 7.92 Å². The molecule has 8 aromatic carbocycles. The summed E-state index contributed by atoms with van der Waals surface area (Å²) in [5, 5.41) is 9.87. The Labute approximate surface area is 292 Å². The van der Waals surface area contributed by atoms with E-state index in [9.17, 15) is 0 Å². The van der Waals surface area contributed by atoms with Gasteiger partial charge in [-0.25, -0.2) is 0 Å². The minimum absolute atomic E-state index is 0.738. The van der Waals surface area contributed by atoms with Crippen molar-refractivity contribution in [1.29, 1.82) is 0 Å². The highest BCUT2D eigenvalue weighted by Gasteiger charge is 2.22. The molecule has 0 aliphatic rings. The molecule has 0 heterocycles. The fourth-order valence-corrected chi connectivity index (χ4v) is 11.6. The molecular formula is C46H36NPSi. The first-order valence-corrected chi connectivity index (χ1v) is 19.6. The van der Waals surface area contributed by atoms with Crippen molar-refractivity contribution in [1.82, 2.24) is 0 Å². The molecule has 8 rings (SSSR count). The van der Waals surface area contributed by atoms with Gasteiger partial charge in [0, 0.05) is 16.9 Å². The highest BCUT2D eigenvalue weighted by Crippen LogP contribution is 2.40. The van der Waals surface area contributed by atoms with Gasteiger partial charge in [-0.2, -0.15) is 0 Å². The van der Waals surface area contributed by atoms with Gasteiger partial charge >= 0.3 is 0 Å². The van der Waals surface area contributed by atoms with Crippen LogP contribution in [0.15, 0.2) is 206 Å². The molecule has 0 bridgehead atoms. The molecule has 3 heteroatoms. The molecule has 0 saturated carbocycles. The van der Waals surface area contributed by atoms with E-state index in [2.05, 4.69) is 211 Å². The first kappa shape index (κ1) is 30.8. The Morgan fingerprint density at radius 2 is 0.837 bits per heavy atom. The van der Waals surface area contributed by atoms with Crippen LogP contribution in [-0.2, 0) is 0 Å². The minimum Gasteiger partial charge on any atom is -0.310 e. The molecule has 0 radical (unpaired) electrons. The quantitative estimate of drug-likeness (QED) is 0.110. The van der Waals surface area contributed by atoms with Crippen molar-refractivity contribution in [3.63, 3.8) is 0 Å². The average molecular weight is 662 g/mol. The number of hydrogen-bond donors (Lipinski definition) is 0. The van der Waals surface area contributed by atoms with Gasteiger partial charge in [-0.1, -0.05) is 186 Å². The van der Waals surface area contributed by atoms with E-state index in [1.807, 2.05) is 0 Å². The number of para-hydroxylation sites is 3. The maximum absolute atomic E-state index is 2.39. The second-order valence-electron chi connectivity index (χ2n) is 12.2. The Hall–Kier alpha value is -5.53. The van der Waals surface area contributed by atoms with Crippen LogP contribution in [0.5, 0.6) is 0 Å². The van der Waals surface area contributed by atoms with Gasteiger partial charge in [0.2, 0.25) is 0 Å². The van der Waals surface area contributed by atoms with Crippen LogP contribution in [0.2, 0.25) is 0 Å². The topological polar surface area (TPSA) is 3.24 Å². The molecule has 0 amide bonds. The highest BCUT2D eigenvalue weighted by atomic mass is 31.1. The monoisotopic (exact) mass is 661 g/mol. The average Bonchev–Trinajstić information content (AvgIpc) is 3.17. The summed E-state index contributed by atoms with van der Waals surface area (Å²) in [5.41, 5.74) is 6.02. The van der Waals surface area contributed by atoms with Gasteiger partial charge in [0.15, 0.2) is 0 Å². The standard InChI is InChI=1S/C46H36NPSi/c1-5-21-36(22-6-1)47(37-23-7-2-8-24-37)42-31-15-13-29-40(42)41-30-14-16-33-44(41)49-45-34-18-20-35-19-17-32-43(46(35)45)48(38-25-9-3-10-26-38)39-27-11-4-12-28-39/h1-34H,49H2. The maximum Gasteiger partial charge on any atom is 0.0891 e. The lowest BCUT2D eigenvalue weighted by molar-refractivity contribution is 1.28. The predicted molar refractivity (Wildman–Crippen MR) is 217 cm³/mol. The molecule has 0 aliphatic carbocycles. The molecule has 8 aromatic rings. The lowest BCUT2D eigenvalue weighted by Crippen LogP contribution is -2.32. The van der Waals surface area contributed by atoms with Crippen LogP contribution in [0.1, 0.15) is 0 Å². The van der Waals surface area contributed by atoms with E-state index in [0.29, 0.717) is 0 Å². The third-order valence-electron chi connectivity index (χ3n) is 9.10. The number of benzene rings is 8. The lowest BCUT2D eigenvalue weighted by atomic mass is 10.0. The van der Waals surface area contributed by atoms with Crippen LogP contribution in [0.3, 0.4) is 0 Å². The molecule has 0 unspecified atom stereocenters. The van der Waals surface area contributed by atoms with Gasteiger partial charge in [-0.15, -0.1) is 0 Å². The van der Waals surface area contributed by atoms with Crippen molar-refractivity contribution in [2.45, 2.75) is 0 Å². The van der Waals surface area contributed by atoms with Gasteiger partial charge in [0.25, 0.3) is 0 Å². The zero-order valence-electron chi connectivity index (χ0n) is 27.2. The van der Waals surface area contributed by atoms with Crippen LogP contribution in [0.25, 0.3) is 21.9 Å². The summed E-state index contributed by atoms with van der Waals surface area (Å²) in [4.78, 5) is 2.39. The lowest BCUT2D eigenvalue weighted by Gasteiger charge is -2.28. The molecule has 1 nitrogen and oxygen atoms in total. The molecule has 0 saturated heterocycles. The fourth-order valence-electron chi connectivity index (χ4n) is 6.93. The summed E-state index contributed by atoms with van der Waals surface area (Å²) in [6, 6.07) is 75.4. The first-order valence-electron chi connectivity index (χ1n) is 16.8. The zero-order valence-corrected chi connectivity index (χ0v) is 29.5. The summed E-state index contributed by atoms with van der Waals surface area (Å²) in [6.45, 7) is 0. The minimum atomic E-state index is -0.916. The molecule has 0 spiro atoms. The van der Waals surface area contributed by atoms with Crippen molar-refractivity contribution in [3.8, 4) is 11.1 Å². The molecule has 0 N–H and O–H groups in total. The second kappa shape index (κ2) is 14.3. The Morgan fingerprint density at radius 3 is 1.45 bits per heavy atom. The van der Waals surface area contributed by atoms with Crippen molar-refractivity contribution < 1.29 is 0 Å². The fraction of sp³-hybridized carbons (Fsp3) is 0. The van der Waals surface area contributed by atoms with E-state index in [4.69, 9.17) is 0 Å². The van der Waals surface area contributed by atoms with Crippen LogP contribution in [0, 0.1) is 0 Å². The van der Waals surface area contributed by atoms with E-state index < -0.39 is 17.4 Å². The van der Waals surface area contributed by atoms with Gasteiger partial charge < -0.3 is 4.90 Å². The second-order valence-corrected chi connectivity index (χ2v) is 16.2. The predicted octanol–water partition coefficient (Wildman–Crippen LogP) is 8.85. The first-order chi connectivity index (χ1) is 24.3. The number of nitrogens with zero attached hydrogens (tertiary/aromatic N) is 1. The molecule has 0 fully saturated rings. The van der Waals surface area contributed by atoms with Crippen LogP contribution in [-0.4, -0.2) is 9.52 Å². The van der Waals surface area contributed by atoms with Crippen molar-refractivity contribution in [2.75, 3.05) is 4.90 Å². The third kappa shape index (κ3) is 6.37. The largest absolute Gasteiger partial charge is 0.310 e. The number of fused-ring (bicyclic) bond motifs is 1. The summed E-state index contributed by atoms with van der Waals surface area (Å²) >= 11 is 0. The Kier molecular flexibility index (Phi) is 8.98. The van der Waals surface area contributed by atoms with E-state index in [-0.39, 0.29) is 0 Å². The van der Waals surface area contributed by atoms with Gasteiger partial charge in [0.1, 0.15) is 0 Å². The van der Waals surface area contributed by atoms with Crippen LogP contribution < -0.4 is 31.2 Å². The SMILES string of the molecule is c1ccc(N(c2ccccc2)c2ccccc2-c2ccccc2[SiH2]c2cccc3cccc(P(c4ccccc4)c4ccccc4)c23)cc1. The molecule has 0 atom stereocenters. The van der Waals surface area contributed by atoms with Crippen molar-refractivity contribution in [3.05, 3.63) is 206 Å². The van der Waals surface area contributed by atoms with Crippen molar-refractivity contribution >= 4 is 71.6 Å². The van der Waals surface area contributed by atoms with Gasteiger partial charge in [-0.3, -0.25) is 0 Å². The third-order valence-corrected chi connectivity index (χ3v) is 13.6. The molecular weight excluding hydrogens is 626 g/mol. The number of rotatable bonds is 9. The smallest absolute Gasteiger partial charge is 0.0891 e. The Morgan fingerprint density at radius 1 is 0.367 bits per heavy atom. The molecule has 0 aromatic heterocycles. The Bertz CT molecular complexity index is 2220. The summed E-state index contributed by atoms with van der Waals surface area (Å²) in [7, 11) is -1.65. The maximum atomic E-state index is 2.39. The normalized spacial score (nSPS) is 11.4. The molecule has 0 aliphatic heterocycles. The summed E-state index contributed by atoms with van der Waals surface area (Å²) in [5.74, 6) is 0. The highest BCUT2D eigenvalue weighted by molar-refractivity contribution is 7.80. The summed E-state index contributed by atoms with van der Waals surface area (Å²) < 4.78 is 0. The van der Waals surface area contributed by atoms with E-state index in [0.717, 1.165) is 11.4 Å². The number of hydrogen-bond acceptors (Lipinski definition) is 1. The Balaban J connectivity index is 1.28. The van der Waals surface area contributed by atoms with E-state index in [1.54, 1.807) is 0 Å². The van der Waals surface area contributed by atoms with E-state index in [1.165, 1.54) is 53.9 Å². The van der Waals surface area contributed by atoms with Gasteiger partial charge in [-0.05, 0) is 70.5 Å². The molecule has 49 heavy (non-hydrogen) atoms. The van der Waals surface area contributed by atoms with E-state index >= 15 is 0 Å². The zero-order chi connectivity index (χ0) is 32.8. The van der Waals surface area contributed by atoms with Crippen molar-refractivity contribution in [2.24, 2.45) is 0 Å². The van der Waals surface area contributed by atoms with Gasteiger partial charge in [0.05, 0.1) is 15.2 Å². The molecule has 234 valence electrons. The summed E-state index contributed by atoms with van der Waals surface area (Å²) in [6.07, 6.45) is 0. The number of anilines is 3. The van der Waals surface area contributed by atoms with Crippen LogP contribution in [0.4, 0.5) is 17.1 Å².